The Morgan fingerprint density at radius 1 is 1.36 bits per heavy atom. The van der Waals surface area contributed by atoms with Gasteiger partial charge in [0.15, 0.2) is 0 Å². The number of amides is 1. The van der Waals surface area contributed by atoms with Gasteiger partial charge in [0.25, 0.3) is 0 Å². The summed E-state index contributed by atoms with van der Waals surface area (Å²) < 4.78 is 0. The predicted octanol–water partition coefficient (Wildman–Crippen LogP) is 0.359. The molecule has 0 unspecified atom stereocenters. The van der Waals surface area contributed by atoms with Crippen LogP contribution in [0.15, 0.2) is 0 Å². The van der Waals surface area contributed by atoms with E-state index in [0.717, 1.165) is 38.6 Å². The van der Waals surface area contributed by atoms with Crippen molar-refractivity contribution in [3.63, 3.8) is 0 Å². The molecule has 4 heteroatoms. The summed E-state index contributed by atoms with van der Waals surface area (Å²) in [6.07, 6.45) is 4.70. The van der Waals surface area contributed by atoms with E-state index in [9.17, 15) is 4.79 Å². The Morgan fingerprint density at radius 3 is 2.64 bits per heavy atom. The standard InChI is InChI=1S/C10H23N3O/c1-2-3-8-13-10(14)9(12)6-4-5-7-11/h9H,2-8,11-12H2,1H3,(H,13,14)/t9-/m0/s1. The molecule has 0 aromatic rings. The second kappa shape index (κ2) is 8.97. The van der Waals surface area contributed by atoms with Gasteiger partial charge >= 0.3 is 0 Å². The van der Waals surface area contributed by atoms with Crippen molar-refractivity contribution in [2.75, 3.05) is 13.1 Å². The zero-order valence-electron chi connectivity index (χ0n) is 9.09. The van der Waals surface area contributed by atoms with Crippen LogP contribution in [0.4, 0.5) is 0 Å². The fourth-order valence-corrected chi connectivity index (χ4v) is 1.16. The minimum Gasteiger partial charge on any atom is -0.355 e. The largest absolute Gasteiger partial charge is 0.355 e. The Morgan fingerprint density at radius 2 is 2.07 bits per heavy atom. The molecule has 14 heavy (non-hydrogen) atoms. The van der Waals surface area contributed by atoms with Crippen LogP contribution in [0.2, 0.25) is 0 Å². The minimum atomic E-state index is -0.363. The van der Waals surface area contributed by atoms with Crippen molar-refractivity contribution in [2.45, 2.75) is 45.1 Å². The van der Waals surface area contributed by atoms with Gasteiger partial charge in [-0.15, -0.1) is 0 Å². The van der Waals surface area contributed by atoms with E-state index in [1.54, 1.807) is 0 Å². The summed E-state index contributed by atoms with van der Waals surface area (Å²) in [7, 11) is 0. The monoisotopic (exact) mass is 201 g/mol. The highest BCUT2D eigenvalue weighted by Crippen LogP contribution is 1.97. The lowest BCUT2D eigenvalue weighted by molar-refractivity contribution is -0.122. The highest BCUT2D eigenvalue weighted by Gasteiger charge is 2.11. The number of unbranched alkanes of at least 4 members (excludes halogenated alkanes) is 2. The molecule has 5 N–H and O–H groups in total. The van der Waals surface area contributed by atoms with Crippen molar-refractivity contribution < 1.29 is 4.79 Å². The summed E-state index contributed by atoms with van der Waals surface area (Å²) in [5.74, 6) is -0.0320. The van der Waals surface area contributed by atoms with Crippen molar-refractivity contribution in [2.24, 2.45) is 11.5 Å². The molecule has 1 amide bonds. The van der Waals surface area contributed by atoms with Gasteiger partial charge in [0, 0.05) is 6.54 Å². The second-order valence-electron chi connectivity index (χ2n) is 3.54. The van der Waals surface area contributed by atoms with Gasteiger partial charge in [0.1, 0.15) is 0 Å². The molecule has 1 atom stereocenters. The molecule has 84 valence electrons. The highest BCUT2D eigenvalue weighted by atomic mass is 16.2. The fourth-order valence-electron chi connectivity index (χ4n) is 1.16. The number of rotatable bonds is 8. The van der Waals surface area contributed by atoms with Crippen LogP contribution in [0, 0.1) is 0 Å². The molecule has 0 aliphatic rings. The Labute approximate surface area is 86.4 Å². The zero-order chi connectivity index (χ0) is 10.8. The average Bonchev–Trinajstić information content (AvgIpc) is 2.18. The maximum Gasteiger partial charge on any atom is 0.236 e. The third kappa shape index (κ3) is 6.86. The van der Waals surface area contributed by atoms with Crippen LogP contribution in [-0.2, 0) is 4.79 Å². The molecule has 0 rings (SSSR count). The molecule has 0 saturated heterocycles. The molecule has 0 heterocycles. The topological polar surface area (TPSA) is 81.1 Å². The van der Waals surface area contributed by atoms with Gasteiger partial charge < -0.3 is 16.8 Å². The number of hydrogen-bond donors (Lipinski definition) is 3. The first-order valence-electron chi connectivity index (χ1n) is 5.45. The summed E-state index contributed by atoms with van der Waals surface area (Å²) in [6, 6.07) is -0.363. The van der Waals surface area contributed by atoms with E-state index in [-0.39, 0.29) is 11.9 Å². The number of hydrogen-bond acceptors (Lipinski definition) is 3. The molecular formula is C10H23N3O. The molecule has 0 aromatic carbocycles. The molecule has 0 saturated carbocycles. The fraction of sp³-hybridized carbons (Fsp3) is 0.900. The van der Waals surface area contributed by atoms with Crippen LogP contribution >= 0.6 is 0 Å². The number of nitrogens with one attached hydrogen (secondary N) is 1. The zero-order valence-corrected chi connectivity index (χ0v) is 9.09. The minimum absolute atomic E-state index is 0.0320. The van der Waals surface area contributed by atoms with Gasteiger partial charge in [-0.2, -0.15) is 0 Å². The van der Waals surface area contributed by atoms with Gasteiger partial charge in [-0.1, -0.05) is 19.8 Å². The molecule has 4 nitrogen and oxygen atoms in total. The van der Waals surface area contributed by atoms with Gasteiger partial charge in [-0.25, -0.2) is 0 Å². The summed E-state index contributed by atoms with van der Waals surface area (Å²) in [5.41, 5.74) is 11.0. The van der Waals surface area contributed by atoms with Gasteiger partial charge in [0.2, 0.25) is 5.91 Å². The van der Waals surface area contributed by atoms with E-state index in [2.05, 4.69) is 12.2 Å². The number of nitrogens with two attached hydrogens (primary N) is 2. The SMILES string of the molecule is CCCCNC(=O)[C@@H](N)CCCCN. The summed E-state index contributed by atoms with van der Waals surface area (Å²) in [6.45, 7) is 3.50. The van der Waals surface area contributed by atoms with Crippen molar-refractivity contribution in [1.82, 2.24) is 5.32 Å². The lowest BCUT2D eigenvalue weighted by Gasteiger charge is -2.11. The van der Waals surface area contributed by atoms with Crippen molar-refractivity contribution in [3.8, 4) is 0 Å². The van der Waals surface area contributed by atoms with E-state index >= 15 is 0 Å². The van der Waals surface area contributed by atoms with Crippen LogP contribution < -0.4 is 16.8 Å². The lowest BCUT2D eigenvalue weighted by atomic mass is 10.1. The number of carbonyl (C=O) groups is 1. The van der Waals surface area contributed by atoms with Crippen LogP contribution in [0.1, 0.15) is 39.0 Å². The molecule has 0 aliphatic carbocycles. The first-order chi connectivity index (χ1) is 6.72. The maximum atomic E-state index is 11.3. The molecule has 0 bridgehead atoms. The number of carbonyl (C=O) groups excluding carboxylic acids is 1. The molecule has 0 aromatic heterocycles. The third-order valence-electron chi connectivity index (χ3n) is 2.14. The molecule has 0 fully saturated rings. The summed E-state index contributed by atoms with van der Waals surface area (Å²) >= 11 is 0. The Hall–Kier alpha value is -0.610. The van der Waals surface area contributed by atoms with Gasteiger partial charge in [-0.3, -0.25) is 4.79 Å². The van der Waals surface area contributed by atoms with E-state index in [1.807, 2.05) is 0 Å². The molecular weight excluding hydrogens is 178 g/mol. The van der Waals surface area contributed by atoms with Crippen LogP contribution in [0.25, 0.3) is 0 Å². The Balaban J connectivity index is 3.44. The highest BCUT2D eigenvalue weighted by molar-refractivity contribution is 5.81. The second-order valence-corrected chi connectivity index (χ2v) is 3.54. The predicted molar refractivity (Wildman–Crippen MR) is 58.8 cm³/mol. The van der Waals surface area contributed by atoms with Crippen molar-refractivity contribution >= 4 is 5.91 Å². The molecule has 0 radical (unpaired) electrons. The first-order valence-corrected chi connectivity index (χ1v) is 5.45. The quantitative estimate of drug-likeness (QED) is 0.496. The Bertz CT molecular complexity index is 150. The summed E-state index contributed by atoms with van der Waals surface area (Å²) in [4.78, 5) is 11.3. The van der Waals surface area contributed by atoms with Crippen molar-refractivity contribution in [3.05, 3.63) is 0 Å². The third-order valence-corrected chi connectivity index (χ3v) is 2.14. The summed E-state index contributed by atoms with van der Waals surface area (Å²) in [5, 5.41) is 2.82. The normalized spacial score (nSPS) is 12.5. The first kappa shape index (κ1) is 13.4. The maximum absolute atomic E-state index is 11.3. The van der Waals surface area contributed by atoms with E-state index < -0.39 is 0 Å². The van der Waals surface area contributed by atoms with Crippen LogP contribution in [0.5, 0.6) is 0 Å². The average molecular weight is 201 g/mol. The van der Waals surface area contributed by atoms with Crippen molar-refractivity contribution in [1.29, 1.82) is 0 Å². The van der Waals surface area contributed by atoms with E-state index in [0.29, 0.717) is 6.54 Å². The molecule has 0 aliphatic heterocycles. The smallest absolute Gasteiger partial charge is 0.236 e. The van der Waals surface area contributed by atoms with E-state index in [4.69, 9.17) is 11.5 Å². The van der Waals surface area contributed by atoms with Crippen LogP contribution in [0.3, 0.4) is 0 Å². The Kier molecular flexibility index (Phi) is 8.57. The van der Waals surface area contributed by atoms with Gasteiger partial charge in [-0.05, 0) is 25.8 Å². The van der Waals surface area contributed by atoms with Gasteiger partial charge in [0.05, 0.1) is 6.04 Å². The lowest BCUT2D eigenvalue weighted by Crippen LogP contribution is -2.40. The van der Waals surface area contributed by atoms with Crippen LogP contribution in [-0.4, -0.2) is 25.0 Å². The van der Waals surface area contributed by atoms with E-state index in [1.165, 1.54) is 0 Å². The molecule has 0 spiro atoms.